The van der Waals surface area contributed by atoms with Crippen LogP contribution in [0.2, 0.25) is 5.02 Å². The molecule has 0 unspecified atom stereocenters. The SMILES string of the molecule is N#CCc1nc(Cc2cccc(Cl)c2F)no1. The van der Waals surface area contributed by atoms with Crippen molar-refractivity contribution >= 4 is 11.6 Å². The van der Waals surface area contributed by atoms with E-state index in [1.54, 1.807) is 12.1 Å². The van der Waals surface area contributed by atoms with E-state index in [-0.39, 0.29) is 23.8 Å². The molecule has 0 aliphatic heterocycles. The van der Waals surface area contributed by atoms with Gasteiger partial charge in [0.05, 0.1) is 11.1 Å². The first-order valence-corrected chi connectivity index (χ1v) is 5.20. The van der Waals surface area contributed by atoms with Gasteiger partial charge in [-0.2, -0.15) is 10.2 Å². The number of halogens is 2. The third-order valence-electron chi connectivity index (χ3n) is 2.12. The summed E-state index contributed by atoms with van der Waals surface area (Å²) in [5, 5.41) is 12.2. The minimum atomic E-state index is -0.485. The van der Waals surface area contributed by atoms with Gasteiger partial charge in [-0.1, -0.05) is 28.9 Å². The summed E-state index contributed by atoms with van der Waals surface area (Å²) in [4.78, 5) is 3.96. The van der Waals surface area contributed by atoms with Crippen LogP contribution in [0.3, 0.4) is 0 Å². The first-order valence-electron chi connectivity index (χ1n) is 4.82. The predicted octanol–water partition coefficient (Wildman–Crippen LogP) is 2.52. The molecule has 0 saturated heterocycles. The molecule has 6 heteroatoms. The second-order valence-corrected chi connectivity index (χ2v) is 3.74. The van der Waals surface area contributed by atoms with Crippen LogP contribution in [0, 0.1) is 17.1 Å². The maximum Gasteiger partial charge on any atom is 0.240 e. The molecule has 0 bridgehead atoms. The van der Waals surface area contributed by atoms with E-state index >= 15 is 0 Å². The van der Waals surface area contributed by atoms with Gasteiger partial charge in [0.25, 0.3) is 0 Å². The highest BCUT2D eigenvalue weighted by atomic mass is 35.5. The lowest BCUT2D eigenvalue weighted by Gasteiger charge is -2.00. The van der Waals surface area contributed by atoms with Crippen molar-refractivity contribution in [1.29, 1.82) is 5.26 Å². The Kier molecular flexibility index (Phi) is 3.35. The lowest BCUT2D eigenvalue weighted by Crippen LogP contribution is -1.95. The average molecular weight is 252 g/mol. The highest BCUT2D eigenvalue weighted by molar-refractivity contribution is 6.30. The van der Waals surface area contributed by atoms with Crippen LogP contribution in [0.25, 0.3) is 0 Å². The first kappa shape index (κ1) is 11.6. The molecule has 0 aliphatic rings. The van der Waals surface area contributed by atoms with Crippen LogP contribution in [0.4, 0.5) is 4.39 Å². The van der Waals surface area contributed by atoms with Crippen molar-refractivity contribution in [2.75, 3.05) is 0 Å². The summed E-state index contributed by atoms with van der Waals surface area (Å²) in [5.74, 6) is 0.0714. The quantitative estimate of drug-likeness (QED) is 0.841. The highest BCUT2D eigenvalue weighted by Crippen LogP contribution is 2.19. The molecule has 0 saturated carbocycles. The van der Waals surface area contributed by atoms with Crippen LogP contribution in [-0.4, -0.2) is 10.1 Å². The van der Waals surface area contributed by atoms with Crippen molar-refractivity contribution < 1.29 is 8.91 Å². The van der Waals surface area contributed by atoms with E-state index in [2.05, 4.69) is 10.1 Å². The van der Waals surface area contributed by atoms with Gasteiger partial charge in [0.2, 0.25) is 5.89 Å². The van der Waals surface area contributed by atoms with Crippen LogP contribution in [-0.2, 0) is 12.8 Å². The molecule has 1 aromatic heterocycles. The summed E-state index contributed by atoms with van der Waals surface area (Å²) in [5.41, 5.74) is 0.391. The van der Waals surface area contributed by atoms with Crippen molar-refractivity contribution in [1.82, 2.24) is 10.1 Å². The third kappa shape index (κ3) is 2.60. The van der Waals surface area contributed by atoms with E-state index in [1.807, 2.05) is 6.07 Å². The van der Waals surface area contributed by atoms with Gasteiger partial charge in [0.15, 0.2) is 5.82 Å². The lowest BCUT2D eigenvalue weighted by atomic mass is 10.1. The van der Waals surface area contributed by atoms with E-state index in [0.717, 1.165) is 0 Å². The topological polar surface area (TPSA) is 62.7 Å². The largest absolute Gasteiger partial charge is 0.338 e. The molecule has 1 heterocycles. The van der Waals surface area contributed by atoms with Crippen molar-refractivity contribution in [3.05, 3.63) is 46.3 Å². The zero-order valence-corrected chi connectivity index (χ0v) is 9.41. The first-order chi connectivity index (χ1) is 8.20. The van der Waals surface area contributed by atoms with Gasteiger partial charge >= 0.3 is 0 Å². The zero-order chi connectivity index (χ0) is 12.3. The number of benzene rings is 1. The Morgan fingerprint density at radius 1 is 1.47 bits per heavy atom. The third-order valence-corrected chi connectivity index (χ3v) is 2.41. The minimum Gasteiger partial charge on any atom is -0.338 e. The van der Waals surface area contributed by atoms with Crippen LogP contribution in [0.1, 0.15) is 17.3 Å². The van der Waals surface area contributed by atoms with Gasteiger partial charge in [-0.05, 0) is 11.6 Å². The molecule has 0 aliphatic carbocycles. The number of hydrogen-bond acceptors (Lipinski definition) is 4. The molecule has 86 valence electrons. The Balaban J connectivity index is 2.20. The average Bonchev–Trinajstić information content (AvgIpc) is 2.73. The molecular formula is C11H7ClFN3O. The molecule has 0 atom stereocenters. The van der Waals surface area contributed by atoms with Gasteiger partial charge in [-0.25, -0.2) is 4.39 Å². The maximum absolute atomic E-state index is 13.6. The Hall–Kier alpha value is -1.93. The molecule has 0 amide bonds. The van der Waals surface area contributed by atoms with Crippen LogP contribution in [0.15, 0.2) is 22.7 Å². The summed E-state index contributed by atoms with van der Waals surface area (Å²) in [6, 6.07) is 6.61. The van der Waals surface area contributed by atoms with Gasteiger partial charge in [0.1, 0.15) is 12.2 Å². The molecule has 4 nitrogen and oxygen atoms in total. The van der Waals surface area contributed by atoms with Crippen molar-refractivity contribution in [2.45, 2.75) is 12.8 Å². The Bertz CT molecular complexity index is 576. The van der Waals surface area contributed by atoms with Crippen LogP contribution in [0.5, 0.6) is 0 Å². The lowest BCUT2D eigenvalue weighted by molar-refractivity contribution is 0.382. The monoisotopic (exact) mass is 251 g/mol. The minimum absolute atomic E-state index is 0.0467. The maximum atomic E-state index is 13.6. The van der Waals surface area contributed by atoms with Crippen molar-refractivity contribution in [3.63, 3.8) is 0 Å². The molecule has 17 heavy (non-hydrogen) atoms. The van der Waals surface area contributed by atoms with Gasteiger partial charge < -0.3 is 4.52 Å². The Morgan fingerprint density at radius 3 is 3.06 bits per heavy atom. The smallest absolute Gasteiger partial charge is 0.240 e. The number of hydrogen-bond donors (Lipinski definition) is 0. The van der Waals surface area contributed by atoms with Gasteiger partial charge in [0, 0.05) is 6.42 Å². The molecule has 0 N–H and O–H groups in total. The molecule has 2 rings (SSSR count). The fourth-order valence-electron chi connectivity index (χ4n) is 1.36. The highest BCUT2D eigenvalue weighted by Gasteiger charge is 2.11. The summed E-state index contributed by atoms with van der Waals surface area (Å²) >= 11 is 5.65. The number of nitriles is 1. The second-order valence-electron chi connectivity index (χ2n) is 3.33. The van der Waals surface area contributed by atoms with E-state index in [1.165, 1.54) is 6.07 Å². The number of nitrogens with zero attached hydrogens (tertiary/aromatic N) is 3. The Labute approximate surface area is 102 Å². The van der Waals surface area contributed by atoms with Crippen molar-refractivity contribution in [2.24, 2.45) is 0 Å². The standard InChI is InChI=1S/C11H7ClFN3O/c12-8-3-1-2-7(11(8)13)6-9-15-10(4-5-14)17-16-9/h1-3H,4,6H2. The van der Waals surface area contributed by atoms with E-state index in [9.17, 15) is 4.39 Å². The second kappa shape index (κ2) is 4.93. The predicted molar refractivity (Wildman–Crippen MR) is 57.8 cm³/mol. The normalized spacial score (nSPS) is 10.2. The fourth-order valence-corrected chi connectivity index (χ4v) is 1.55. The molecular weight excluding hydrogens is 245 g/mol. The van der Waals surface area contributed by atoms with Gasteiger partial charge in [-0.15, -0.1) is 0 Å². The molecule has 2 aromatic rings. The summed E-state index contributed by atoms with van der Waals surface area (Å²) in [6.45, 7) is 0. The summed E-state index contributed by atoms with van der Waals surface area (Å²) < 4.78 is 18.4. The molecule has 0 radical (unpaired) electrons. The number of aromatic nitrogens is 2. The van der Waals surface area contributed by atoms with E-state index < -0.39 is 5.82 Å². The Morgan fingerprint density at radius 2 is 2.29 bits per heavy atom. The molecule has 0 spiro atoms. The van der Waals surface area contributed by atoms with Crippen LogP contribution >= 0.6 is 11.6 Å². The van der Waals surface area contributed by atoms with E-state index in [4.69, 9.17) is 21.4 Å². The van der Waals surface area contributed by atoms with Crippen molar-refractivity contribution in [3.8, 4) is 6.07 Å². The van der Waals surface area contributed by atoms with Crippen LogP contribution < -0.4 is 0 Å². The summed E-state index contributed by atoms with van der Waals surface area (Å²) in [7, 11) is 0. The van der Waals surface area contributed by atoms with E-state index in [0.29, 0.717) is 11.4 Å². The van der Waals surface area contributed by atoms with Gasteiger partial charge in [-0.3, -0.25) is 0 Å². The summed E-state index contributed by atoms with van der Waals surface area (Å²) in [6.07, 6.45) is 0.229. The zero-order valence-electron chi connectivity index (χ0n) is 8.65. The number of rotatable bonds is 3. The molecule has 0 fully saturated rings. The fraction of sp³-hybridized carbons (Fsp3) is 0.182. The molecule has 1 aromatic carbocycles.